The van der Waals surface area contributed by atoms with Crippen molar-refractivity contribution in [2.45, 2.75) is 48.2 Å². The van der Waals surface area contributed by atoms with Crippen molar-refractivity contribution in [3.8, 4) is 0 Å². The molecule has 1 aromatic carbocycles. The zero-order chi connectivity index (χ0) is 21.0. The third-order valence-corrected chi connectivity index (χ3v) is 6.21. The van der Waals surface area contributed by atoms with Gasteiger partial charge >= 0.3 is 0 Å². The molecule has 2 fully saturated rings. The maximum absolute atomic E-state index is 12.6. The Morgan fingerprint density at radius 2 is 1.97 bits per heavy atom. The number of rotatable bonds is 6. The summed E-state index contributed by atoms with van der Waals surface area (Å²) < 4.78 is 3.95. The fraction of sp³-hybridized carbons (Fsp3) is 0.632. The van der Waals surface area contributed by atoms with Crippen molar-refractivity contribution in [2.75, 3.05) is 19.7 Å². The van der Waals surface area contributed by atoms with Crippen LogP contribution in [0, 0.1) is 16.0 Å². The van der Waals surface area contributed by atoms with Crippen LogP contribution in [-0.2, 0) is 4.74 Å². The lowest BCUT2D eigenvalue weighted by molar-refractivity contribution is -0.385. The van der Waals surface area contributed by atoms with E-state index in [4.69, 9.17) is 39.5 Å². The molecule has 0 unspecified atom stereocenters. The zero-order valence-corrected chi connectivity index (χ0v) is 18.1. The summed E-state index contributed by atoms with van der Waals surface area (Å²) >= 11 is 18.1. The van der Waals surface area contributed by atoms with Crippen LogP contribution in [-0.4, -0.2) is 51.5 Å². The Kier molecular flexibility index (Phi) is 7.62. The van der Waals surface area contributed by atoms with Gasteiger partial charge in [-0.25, -0.2) is 0 Å². The standard InChI is InChI=1S/C19H24Cl3N3O4/c20-19(21,22)18(23-17(26)14-7-1-2-9-16(14)25(27)28)29-12-13-6-5-11-24-10-4-3-8-15(13)24/h1-2,7,9,13,15,18H,3-6,8,10-12H2,(H,23,26)/t13-,15-,18+/m0/s1. The largest absolute Gasteiger partial charge is 0.354 e. The lowest BCUT2D eigenvalue weighted by atomic mass is 9.84. The summed E-state index contributed by atoms with van der Waals surface area (Å²) in [6.07, 6.45) is 4.41. The summed E-state index contributed by atoms with van der Waals surface area (Å²) in [6, 6.07) is 6.06. The van der Waals surface area contributed by atoms with Crippen molar-refractivity contribution in [1.29, 1.82) is 0 Å². The molecule has 3 rings (SSSR count). The second-order valence-corrected chi connectivity index (χ2v) is 9.87. The average Bonchev–Trinajstić information content (AvgIpc) is 2.70. The van der Waals surface area contributed by atoms with Crippen molar-refractivity contribution in [3.63, 3.8) is 0 Å². The van der Waals surface area contributed by atoms with E-state index in [1.807, 2.05) is 0 Å². The number of halogens is 3. The van der Waals surface area contributed by atoms with Gasteiger partial charge in [-0.15, -0.1) is 0 Å². The number of fused-ring (bicyclic) bond motifs is 1. The first-order valence-corrected chi connectivity index (χ1v) is 10.9. The van der Waals surface area contributed by atoms with Gasteiger partial charge in [0.25, 0.3) is 11.6 Å². The van der Waals surface area contributed by atoms with Crippen molar-refractivity contribution >= 4 is 46.4 Å². The number of para-hydroxylation sites is 1. The minimum atomic E-state index is -1.92. The number of hydrogen-bond acceptors (Lipinski definition) is 5. The van der Waals surface area contributed by atoms with Crippen LogP contribution in [0.2, 0.25) is 0 Å². The summed E-state index contributed by atoms with van der Waals surface area (Å²) in [6.45, 7) is 2.55. The van der Waals surface area contributed by atoms with Gasteiger partial charge in [0.1, 0.15) is 5.56 Å². The minimum Gasteiger partial charge on any atom is -0.354 e. The molecular formula is C19H24Cl3N3O4. The Bertz CT molecular complexity index is 742. The van der Waals surface area contributed by atoms with Gasteiger partial charge in [0.15, 0.2) is 6.23 Å². The molecule has 0 radical (unpaired) electrons. The summed E-state index contributed by atoms with van der Waals surface area (Å²) in [5, 5.41) is 13.7. The lowest BCUT2D eigenvalue weighted by Gasteiger charge is -2.44. The molecule has 7 nitrogen and oxygen atoms in total. The van der Waals surface area contributed by atoms with Gasteiger partial charge in [-0.2, -0.15) is 0 Å². The number of amides is 1. The molecule has 0 spiro atoms. The second kappa shape index (κ2) is 9.79. The molecule has 10 heteroatoms. The molecule has 29 heavy (non-hydrogen) atoms. The van der Waals surface area contributed by atoms with Crippen LogP contribution in [0.15, 0.2) is 24.3 Å². The van der Waals surface area contributed by atoms with Gasteiger partial charge in [0.2, 0.25) is 3.79 Å². The van der Waals surface area contributed by atoms with E-state index in [1.165, 1.54) is 37.1 Å². The van der Waals surface area contributed by atoms with E-state index in [-0.39, 0.29) is 11.3 Å². The first-order chi connectivity index (χ1) is 13.8. The molecule has 0 bridgehead atoms. The highest BCUT2D eigenvalue weighted by molar-refractivity contribution is 6.68. The number of nitrogens with zero attached hydrogens (tertiary/aromatic N) is 2. The fourth-order valence-electron chi connectivity index (χ4n) is 4.23. The lowest BCUT2D eigenvalue weighted by Crippen LogP contribution is -2.51. The minimum absolute atomic E-state index is 0.114. The number of hydrogen-bond donors (Lipinski definition) is 1. The molecule has 0 aliphatic carbocycles. The van der Waals surface area contributed by atoms with Crippen LogP contribution < -0.4 is 5.32 Å². The average molecular weight is 465 g/mol. The van der Waals surface area contributed by atoms with E-state index >= 15 is 0 Å². The van der Waals surface area contributed by atoms with Crippen molar-refractivity contribution in [3.05, 3.63) is 39.9 Å². The third-order valence-electron chi connectivity index (χ3n) is 5.61. The van der Waals surface area contributed by atoms with E-state index in [1.54, 1.807) is 0 Å². The van der Waals surface area contributed by atoms with Gasteiger partial charge in [0, 0.05) is 12.1 Å². The van der Waals surface area contributed by atoms with E-state index in [0.717, 1.165) is 32.4 Å². The SMILES string of the molecule is O=C(N[C@H](OC[C@@H]1CCCN2CCCC[C@@H]12)C(Cl)(Cl)Cl)c1ccccc1[N+](=O)[O-]. The molecule has 160 valence electrons. The number of nitro groups is 1. The number of nitrogens with one attached hydrogen (secondary N) is 1. The van der Waals surface area contributed by atoms with Crippen LogP contribution in [0.1, 0.15) is 42.5 Å². The van der Waals surface area contributed by atoms with Crippen LogP contribution in [0.4, 0.5) is 5.69 Å². The van der Waals surface area contributed by atoms with E-state index < -0.39 is 20.9 Å². The Morgan fingerprint density at radius 3 is 2.69 bits per heavy atom. The molecule has 1 amide bonds. The number of benzene rings is 1. The summed E-state index contributed by atoms with van der Waals surface area (Å²) in [4.78, 5) is 25.7. The van der Waals surface area contributed by atoms with Gasteiger partial charge in [-0.3, -0.25) is 14.9 Å². The number of piperidine rings is 2. The smallest absolute Gasteiger partial charge is 0.282 e. The highest BCUT2D eigenvalue weighted by Gasteiger charge is 2.39. The maximum Gasteiger partial charge on any atom is 0.282 e. The second-order valence-electron chi connectivity index (χ2n) is 7.50. The van der Waals surface area contributed by atoms with Crippen LogP contribution >= 0.6 is 34.8 Å². The highest BCUT2D eigenvalue weighted by Crippen LogP contribution is 2.35. The van der Waals surface area contributed by atoms with Crippen LogP contribution in [0.25, 0.3) is 0 Å². The number of ether oxygens (including phenoxy) is 1. The van der Waals surface area contributed by atoms with Gasteiger partial charge in [0.05, 0.1) is 11.5 Å². The Morgan fingerprint density at radius 1 is 1.24 bits per heavy atom. The monoisotopic (exact) mass is 463 g/mol. The summed E-state index contributed by atoms with van der Waals surface area (Å²) in [7, 11) is 0. The maximum atomic E-state index is 12.6. The number of nitro benzene ring substituents is 1. The first kappa shape index (κ1) is 22.6. The Balaban J connectivity index is 1.67. The van der Waals surface area contributed by atoms with Crippen LogP contribution in [0.3, 0.4) is 0 Å². The molecule has 2 aliphatic heterocycles. The molecule has 2 aliphatic rings. The summed E-state index contributed by atoms with van der Waals surface area (Å²) in [5.41, 5.74) is -0.435. The van der Waals surface area contributed by atoms with Gasteiger partial charge < -0.3 is 15.0 Å². The molecule has 0 aromatic heterocycles. The van der Waals surface area contributed by atoms with Gasteiger partial charge in [-0.05, 0) is 50.8 Å². The molecule has 1 N–H and O–H groups in total. The molecule has 3 atom stereocenters. The topological polar surface area (TPSA) is 84.7 Å². The number of carbonyl (C=O) groups excluding carboxylic acids is 1. The van der Waals surface area contributed by atoms with Crippen molar-refractivity contribution in [1.82, 2.24) is 10.2 Å². The highest BCUT2D eigenvalue weighted by atomic mass is 35.6. The third kappa shape index (κ3) is 5.73. The fourth-order valence-corrected chi connectivity index (χ4v) is 4.58. The van der Waals surface area contributed by atoms with Crippen molar-refractivity contribution < 1.29 is 14.5 Å². The predicted molar refractivity (Wildman–Crippen MR) is 113 cm³/mol. The number of carbonyl (C=O) groups is 1. The van der Waals surface area contributed by atoms with Crippen molar-refractivity contribution in [2.24, 2.45) is 5.92 Å². The Labute approximate surface area is 184 Å². The van der Waals surface area contributed by atoms with Gasteiger partial charge in [-0.1, -0.05) is 53.4 Å². The summed E-state index contributed by atoms with van der Waals surface area (Å²) in [5.74, 6) is -0.432. The molecule has 1 aromatic rings. The molecule has 2 heterocycles. The van der Waals surface area contributed by atoms with Crippen LogP contribution in [0.5, 0.6) is 0 Å². The zero-order valence-electron chi connectivity index (χ0n) is 15.9. The predicted octanol–water partition coefficient (Wildman–Crippen LogP) is 4.30. The van der Waals surface area contributed by atoms with E-state index in [0.29, 0.717) is 18.6 Å². The normalized spacial score (nSPS) is 23.8. The molecule has 0 saturated carbocycles. The van der Waals surface area contributed by atoms with E-state index in [9.17, 15) is 14.9 Å². The Hall–Kier alpha value is -1.12. The molecular weight excluding hydrogens is 441 g/mol. The first-order valence-electron chi connectivity index (χ1n) is 9.74. The molecule has 2 saturated heterocycles. The van der Waals surface area contributed by atoms with E-state index in [2.05, 4.69) is 10.2 Å². The number of alkyl halides is 3. The quantitative estimate of drug-likeness (QED) is 0.294.